The second-order valence-electron chi connectivity index (χ2n) is 5.13. The lowest BCUT2D eigenvalue weighted by atomic mass is 9.87. The number of carbonyl (C=O) groups is 1. The average Bonchev–Trinajstić information content (AvgIpc) is 2.82. The Labute approximate surface area is 118 Å². The van der Waals surface area contributed by atoms with Gasteiger partial charge in [0.25, 0.3) is 0 Å². The lowest BCUT2D eigenvalue weighted by Gasteiger charge is -2.26. The maximum Gasteiger partial charge on any atom is 0.229 e. The first-order valence-electron chi connectivity index (χ1n) is 6.37. The number of nitrogens with zero attached hydrogens (tertiary/aromatic N) is 1. The van der Waals surface area contributed by atoms with Crippen molar-refractivity contribution in [1.82, 2.24) is 4.90 Å². The normalized spacial score (nSPS) is 18.9. The van der Waals surface area contributed by atoms with Crippen molar-refractivity contribution in [3.8, 4) is 0 Å². The molecule has 1 aliphatic carbocycles. The highest BCUT2D eigenvalue weighted by Gasteiger charge is 2.29. The van der Waals surface area contributed by atoms with E-state index >= 15 is 0 Å². The Morgan fingerprint density at radius 3 is 2.95 bits per heavy atom. The summed E-state index contributed by atoms with van der Waals surface area (Å²) in [4.78, 5) is 15.3. The van der Waals surface area contributed by atoms with Gasteiger partial charge >= 0.3 is 0 Å². The van der Waals surface area contributed by atoms with Crippen LogP contribution < -0.4 is 0 Å². The van der Waals surface area contributed by atoms with Crippen LogP contribution in [0.15, 0.2) is 11.4 Å². The Hall–Kier alpha value is -0.880. The Morgan fingerprint density at radius 2 is 2.26 bits per heavy atom. The summed E-state index contributed by atoms with van der Waals surface area (Å²) in [6, 6.07) is 2.03. The van der Waals surface area contributed by atoms with Crippen LogP contribution in [0.3, 0.4) is 0 Å². The van der Waals surface area contributed by atoms with E-state index in [1.807, 2.05) is 11.4 Å². The first kappa shape index (κ1) is 14.5. The summed E-state index contributed by atoms with van der Waals surface area (Å²) in [5.74, 6) is -0.0131. The Kier molecular flexibility index (Phi) is 4.30. The fourth-order valence-corrected chi connectivity index (χ4v) is 4.01. The Balaban J connectivity index is 2.05. The molecular formula is C13H19NO3S2. The number of aryl methyl sites for hydroxylation is 1. The van der Waals surface area contributed by atoms with Crippen LogP contribution in [-0.2, 0) is 21.1 Å². The average molecular weight is 301 g/mol. The molecule has 1 aromatic heterocycles. The number of rotatable bonds is 4. The van der Waals surface area contributed by atoms with Gasteiger partial charge in [0.05, 0.1) is 11.7 Å². The van der Waals surface area contributed by atoms with E-state index in [-0.39, 0.29) is 24.1 Å². The van der Waals surface area contributed by atoms with Crippen LogP contribution in [0.1, 0.15) is 29.2 Å². The van der Waals surface area contributed by atoms with E-state index in [9.17, 15) is 13.2 Å². The molecule has 0 spiro atoms. The molecule has 0 fully saturated rings. The minimum atomic E-state index is -3.02. The predicted molar refractivity (Wildman–Crippen MR) is 77.3 cm³/mol. The van der Waals surface area contributed by atoms with Crippen molar-refractivity contribution in [2.45, 2.75) is 25.2 Å². The fraction of sp³-hybridized carbons (Fsp3) is 0.615. The lowest BCUT2D eigenvalue weighted by Crippen LogP contribution is -2.36. The van der Waals surface area contributed by atoms with Crippen molar-refractivity contribution in [2.75, 3.05) is 25.6 Å². The molecule has 2 rings (SSSR count). The van der Waals surface area contributed by atoms with Crippen LogP contribution in [0.5, 0.6) is 0 Å². The Morgan fingerprint density at radius 1 is 1.53 bits per heavy atom. The van der Waals surface area contributed by atoms with Gasteiger partial charge in [-0.15, -0.1) is 11.3 Å². The number of hydrogen-bond donors (Lipinski definition) is 0. The van der Waals surface area contributed by atoms with E-state index in [2.05, 4.69) is 0 Å². The summed E-state index contributed by atoms with van der Waals surface area (Å²) in [6.07, 6.45) is 4.16. The van der Waals surface area contributed by atoms with Crippen molar-refractivity contribution < 1.29 is 13.2 Å². The van der Waals surface area contributed by atoms with Crippen molar-refractivity contribution in [3.05, 3.63) is 21.9 Å². The molecule has 19 heavy (non-hydrogen) atoms. The molecule has 1 aromatic rings. The number of fused-ring (bicyclic) bond motifs is 1. The largest absolute Gasteiger partial charge is 0.344 e. The fourth-order valence-electron chi connectivity index (χ4n) is 2.42. The second-order valence-corrected chi connectivity index (χ2v) is 8.39. The van der Waals surface area contributed by atoms with Crippen molar-refractivity contribution >= 4 is 27.1 Å². The van der Waals surface area contributed by atoms with Crippen LogP contribution in [0.2, 0.25) is 0 Å². The van der Waals surface area contributed by atoms with E-state index in [1.165, 1.54) is 11.1 Å². The zero-order chi connectivity index (χ0) is 14.0. The highest BCUT2D eigenvalue weighted by Crippen LogP contribution is 2.35. The zero-order valence-corrected chi connectivity index (χ0v) is 12.9. The minimum Gasteiger partial charge on any atom is -0.344 e. The lowest BCUT2D eigenvalue weighted by molar-refractivity contribution is -0.131. The van der Waals surface area contributed by atoms with Crippen LogP contribution in [0, 0.1) is 0 Å². The van der Waals surface area contributed by atoms with Gasteiger partial charge in [0.15, 0.2) is 0 Å². The van der Waals surface area contributed by atoms with Crippen molar-refractivity contribution in [2.24, 2.45) is 0 Å². The SMILES string of the molecule is CN(CCS(C)(=O)=O)C(=O)[C@@H]1CCCc2sccc21. The van der Waals surface area contributed by atoms with Crippen LogP contribution in [-0.4, -0.2) is 44.8 Å². The number of amides is 1. The first-order valence-corrected chi connectivity index (χ1v) is 9.31. The molecule has 0 aliphatic heterocycles. The zero-order valence-electron chi connectivity index (χ0n) is 11.3. The van der Waals surface area contributed by atoms with Gasteiger partial charge in [-0.1, -0.05) is 0 Å². The van der Waals surface area contributed by atoms with Gasteiger partial charge < -0.3 is 4.90 Å². The molecule has 4 nitrogen and oxygen atoms in total. The third kappa shape index (κ3) is 3.57. The highest BCUT2D eigenvalue weighted by atomic mass is 32.2. The summed E-state index contributed by atoms with van der Waals surface area (Å²) in [5, 5.41) is 2.03. The van der Waals surface area contributed by atoms with Gasteiger partial charge in [0.2, 0.25) is 5.91 Å². The summed E-state index contributed by atoms with van der Waals surface area (Å²) >= 11 is 1.71. The van der Waals surface area contributed by atoms with Gasteiger partial charge in [-0.2, -0.15) is 0 Å². The smallest absolute Gasteiger partial charge is 0.229 e. The molecule has 0 bridgehead atoms. The number of hydrogen-bond acceptors (Lipinski definition) is 4. The van der Waals surface area contributed by atoms with E-state index in [1.54, 1.807) is 23.3 Å². The molecule has 6 heteroatoms. The summed E-state index contributed by atoms with van der Waals surface area (Å²) < 4.78 is 22.3. The van der Waals surface area contributed by atoms with Gasteiger partial charge in [-0.3, -0.25) is 4.79 Å². The quantitative estimate of drug-likeness (QED) is 0.850. The van der Waals surface area contributed by atoms with Crippen LogP contribution in [0.4, 0.5) is 0 Å². The number of carbonyl (C=O) groups excluding carboxylic acids is 1. The molecule has 0 N–H and O–H groups in total. The van der Waals surface area contributed by atoms with Gasteiger partial charge in [-0.05, 0) is 36.3 Å². The molecule has 106 valence electrons. The molecule has 1 aliphatic rings. The van der Waals surface area contributed by atoms with Gasteiger partial charge in [0.1, 0.15) is 9.84 Å². The number of likely N-dealkylation sites (N-methyl/N-ethyl adjacent to an activating group) is 1. The predicted octanol–water partition coefficient (Wildman–Crippen LogP) is 1.67. The topological polar surface area (TPSA) is 54.5 Å². The molecule has 0 unspecified atom stereocenters. The number of sulfone groups is 1. The van der Waals surface area contributed by atoms with E-state index in [0.717, 1.165) is 24.8 Å². The monoisotopic (exact) mass is 301 g/mol. The van der Waals surface area contributed by atoms with Crippen molar-refractivity contribution in [3.63, 3.8) is 0 Å². The molecule has 0 saturated carbocycles. The molecule has 0 radical (unpaired) electrons. The molecule has 0 aromatic carbocycles. The maximum atomic E-state index is 12.4. The van der Waals surface area contributed by atoms with Gasteiger partial charge in [-0.25, -0.2) is 8.42 Å². The first-order chi connectivity index (χ1) is 8.88. The molecule has 1 heterocycles. The maximum absolute atomic E-state index is 12.4. The summed E-state index contributed by atoms with van der Waals surface area (Å²) in [6.45, 7) is 0.271. The molecule has 0 saturated heterocycles. The minimum absolute atomic E-state index is 0.0262. The van der Waals surface area contributed by atoms with E-state index < -0.39 is 9.84 Å². The van der Waals surface area contributed by atoms with Crippen LogP contribution >= 0.6 is 11.3 Å². The standard InChI is InChI=1S/C13H19NO3S2/c1-14(7-9-19(2,16)17)13(15)11-4-3-5-12-10(11)6-8-18-12/h6,8,11H,3-5,7,9H2,1-2H3/t11-/m1/s1. The van der Waals surface area contributed by atoms with E-state index in [4.69, 9.17) is 0 Å². The molecule has 1 atom stereocenters. The molecular weight excluding hydrogens is 282 g/mol. The van der Waals surface area contributed by atoms with Gasteiger partial charge in [0, 0.05) is 24.7 Å². The number of thiophene rings is 1. The van der Waals surface area contributed by atoms with Crippen molar-refractivity contribution in [1.29, 1.82) is 0 Å². The second kappa shape index (κ2) is 5.63. The third-order valence-corrected chi connectivity index (χ3v) is 5.44. The highest BCUT2D eigenvalue weighted by molar-refractivity contribution is 7.90. The summed E-state index contributed by atoms with van der Waals surface area (Å²) in [7, 11) is -1.34. The van der Waals surface area contributed by atoms with E-state index in [0.29, 0.717) is 0 Å². The third-order valence-electron chi connectivity index (χ3n) is 3.52. The Bertz CT molecular complexity index is 562. The molecule has 1 amide bonds. The summed E-state index contributed by atoms with van der Waals surface area (Å²) in [5.41, 5.74) is 1.15. The van der Waals surface area contributed by atoms with Crippen LogP contribution in [0.25, 0.3) is 0 Å².